The predicted molar refractivity (Wildman–Crippen MR) is 76.7 cm³/mol. The van der Waals surface area contributed by atoms with Crippen molar-refractivity contribution in [2.75, 3.05) is 20.1 Å². The second kappa shape index (κ2) is 5.66. The van der Waals surface area contributed by atoms with Crippen LogP contribution in [0.5, 0.6) is 0 Å². The summed E-state index contributed by atoms with van der Waals surface area (Å²) in [6, 6.07) is 0.266. The molecule has 0 bridgehead atoms. The van der Waals surface area contributed by atoms with Gasteiger partial charge in [-0.25, -0.2) is 4.79 Å². The van der Waals surface area contributed by atoms with Gasteiger partial charge in [0.2, 0.25) is 5.91 Å². The van der Waals surface area contributed by atoms with Crippen molar-refractivity contribution in [1.82, 2.24) is 9.80 Å². The van der Waals surface area contributed by atoms with Crippen molar-refractivity contribution in [3.8, 4) is 0 Å². The molecule has 0 N–H and O–H groups in total. The van der Waals surface area contributed by atoms with Gasteiger partial charge in [0, 0.05) is 32.6 Å². The summed E-state index contributed by atoms with van der Waals surface area (Å²) in [6.45, 7) is 5.84. The number of likely N-dealkylation sites (tertiary alicyclic amines) is 1. The first-order chi connectivity index (χ1) is 9.69. The number of nitrogens with zero attached hydrogens (tertiary/aromatic N) is 2. The molecule has 1 unspecified atom stereocenters. The van der Waals surface area contributed by atoms with Crippen LogP contribution in [-0.4, -0.2) is 59.4 Å². The zero-order valence-electron chi connectivity index (χ0n) is 13.2. The van der Waals surface area contributed by atoms with Gasteiger partial charge in [0.1, 0.15) is 17.3 Å². The molecule has 6 nitrogen and oxygen atoms in total. The number of rotatable bonds is 2. The topological polar surface area (TPSA) is 66.9 Å². The van der Waals surface area contributed by atoms with E-state index in [2.05, 4.69) is 0 Å². The van der Waals surface area contributed by atoms with Crippen LogP contribution in [0.2, 0.25) is 0 Å². The number of hydrogen-bond acceptors (Lipinski definition) is 4. The fraction of sp³-hybridized carbons (Fsp3) is 0.800. The molecular weight excluding hydrogens is 272 g/mol. The number of amides is 2. The van der Waals surface area contributed by atoms with Gasteiger partial charge < -0.3 is 14.5 Å². The Bertz CT molecular complexity index is 451. The molecule has 1 heterocycles. The molecule has 21 heavy (non-hydrogen) atoms. The molecule has 2 aliphatic rings. The lowest BCUT2D eigenvalue weighted by molar-refractivity contribution is -0.143. The largest absolute Gasteiger partial charge is 0.444 e. The van der Waals surface area contributed by atoms with Gasteiger partial charge in [0.05, 0.1) is 0 Å². The number of piperidine rings is 1. The Hall–Kier alpha value is -1.59. The third-order valence-electron chi connectivity index (χ3n) is 3.81. The molecule has 0 aromatic carbocycles. The zero-order valence-corrected chi connectivity index (χ0v) is 13.2. The molecule has 6 heteroatoms. The van der Waals surface area contributed by atoms with E-state index in [0.29, 0.717) is 6.54 Å². The van der Waals surface area contributed by atoms with Gasteiger partial charge in [-0.15, -0.1) is 0 Å². The molecule has 1 saturated heterocycles. The summed E-state index contributed by atoms with van der Waals surface area (Å²) in [4.78, 5) is 39.6. The van der Waals surface area contributed by atoms with Crippen LogP contribution in [0.4, 0.5) is 4.79 Å². The van der Waals surface area contributed by atoms with Crippen molar-refractivity contribution in [3.05, 3.63) is 0 Å². The first kappa shape index (κ1) is 15.8. The minimum absolute atomic E-state index is 0.0766. The number of ether oxygens (including phenoxy) is 1. The van der Waals surface area contributed by atoms with Gasteiger partial charge in [0.15, 0.2) is 0 Å². The second-order valence-electron chi connectivity index (χ2n) is 6.88. The number of carbonyl (C=O) groups is 3. The molecule has 1 atom stereocenters. The van der Waals surface area contributed by atoms with Gasteiger partial charge in [-0.05, 0) is 33.6 Å². The fourth-order valence-electron chi connectivity index (χ4n) is 2.43. The van der Waals surface area contributed by atoms with E-state index in [-0.39, 0.29) is 30.7 Å². The third kappa shape index (κ3) is 3.95. The van der Waals surface area contributed by atoms with Crippen LogP contribution < -0.4 is 0 Å². The molecule has 0 radical (unpaired) electrons. The SMILES string of the molecule is CN(C(=O)C1CN(C(=O)OC(C)(C)C)CCC1=O)C1CC1. The Morgan fingerprint density at radius 1 is 1.29 bits per heavy atom. The first-order valence-corrected chi connectivity index (χ1v) is 7.46. The normalized spacial score (nSPS) is 23.0. The quantitative estimate of drug-likeness (QED) is 0.723. The number of ketones is 1. The molecule has 2 fully saturated rings. The number of Topliss-reactive ketones (excluding diaryl/α,β-unsaturated/α-hetero) is 1. The van der Waals surface area contributed by atoms with Crippen LogP contribution in [0.25, 0.3) is 0 Å². The highest BCUT2D eigenvalue weighted by Gasteiger charge is 2.40. The van der Waals surface area contributed by atoms with Gasteiger partial charge in [-0.3, -0.25) is 9.59 Å². The van der Waals surface area contributed by atoms with E-state index in [9.17, 15) is 14.4 Å². The first-order valence-electron chi connectivity index (χ1n) is 7.46. The van der Waals surface area contributed by atoms with Crippen molar-refractivity contribution in [2.45, 2.75) is 51.7 Å². The monoisotopic (exact) mass is 296 g/mol. The molecule has 0 aromatic heterocycles. The Balaban J connectivity index is 2.00. The Labute approximate surface area is 125 Å². The van der Waals surface area contributed by atoms with Crippen LogP contribution >= 0.6 is 0 Å². The molecular formula is C15H24N2O4. The van der Waals surface area contributed by atoms with E-state index in [1.54, 1.807) is 32.7 Å². The van der Waals surface area contributed by atoms with Gasteiger partial charge in [0.25, 0.3) is 0 Å². The fourth-order valence-corrected chi connectivity index (χ4v) is 2.43. The summed E-state index contributed by atoms with van der Waals surface area (Å²) in [5.74, 6) is -0.986. The summed E-state index contributed by atoms with van der Waals surface area (Å²) < 4.78 is 5.31. The van der Waals surface area contributed by atoms with Gasteiger partial charge in [-0.2, -0.15) is 0 Å². The smallest absolute Gasteiger partial charge is 0.410 e. The highest BCUT2D eigenvalue weighted by Crippen LogP contribution is 2.28. The van der Waals surface area contributed by atoms with Crippen molar-refractivity contribution < 1.29 is 19.1 Å². The number of carbonyl (C=O) groups excluding carboxylic acids is 3. The number of hydrogen-bond donors (Lipinski definition) is 0. The second-order valence-corrected chi connectivity index (χ2v) is 6.88. The maximum Gasteiger partial charge on any atom is 0.410 e. The van der Waals surface area contributed by atoms with Crippen molar-refractivity contribution >= 4 is 17.8 Å². The van der Waals surface area contributed by atoms with E-state index in [1.165, 1.54) is 4.90 Å². The summed E-state index contributed by atoms with van der Waals surface area (Å²) in [5, 5.41) is 0. The highest BCUT2D eigenvalue weighted by molar-refractivity contribution is 6.02. The summed E-state index contributed by atoms with van der Waals surface area (Å²) >= 11 is 0. The van der Waals surface area contributed by atoms with Gasteiger partial charge in [-0.1, -0.05) is 0 Å². The lowest BCUT2D eigenvalue weighted by atomic mass is 9.95. The van der Waals surface area contributed by atoms with E-state index < -0.39 is 17.6 Å². The zero-order chi connectivity index (χ0) is 15.8. The Kier molecular flexibility index (Phi) is 4.25. The molecule has 0 spiro atoms. The maximum absolute atomic E-state index is 12.4. The van der Waals surface area contributed by atoms with Gasteiger partial charge >= 0.3 is 6.09 Å². The van der Waals surface area contributed by atoms with Crippen molar-refractivity contribution in [1.29, 1.82) is 0 Å². The minimum Gasteiger partial charge on any atom is -0.444 e. The molecule has 1 saturated carbocycles. The highest BCUT2D eigenvalue weighted by atomic mass is 16.6. The molecule has 0 aromatic rings. The average molecular weight is 296 g/mol. The van der Waals surface area contributed by atoms with Crippen LogP contribution in [-0.2, 0) is 14.3 Å². The van der Waals surface area contributed by atoms with Crippen molar-refractivity contribution in [3.63, 3.8) is 0 Å². The van der Waals surface area contributed by atoms with Crippen LogP contribution in [0.1, 0.15) is 40.0 Å². The van der Waals surface area contributed by atoms with E-state index in [1.807, 2.05) is 0 Å². The van der Waals surface area contributed by atoms with Crippen LogP contribution in [0, 0.1) is 5.92 Å². The summed E-state index contributed by atoms with van der Waals surface area (Å²) in [7, 11) is 1.74. The van der Waals surface area contributed by atoms with E-state index in [4.69, 9.17) is 4.74 Å². The predicted octanol–water partition coefficient (Wildman–Crippen LogP) is 1.43. The maximum atomic E-state index is 12.4. The molecule has 1 aliphatic heterocycles. The standard InChI is InChI=1S/C15H24N2O4/c1-15(2,3)21-14(20)17-8-7-12(18)11(9-17)13(19)16(4)10-5-6-10/h10-11H,5-9H2,1-4H3. The molecule has 2 amide bonds. The van der Waals surface area contributed by atoms with E-state index >= 15 is 0 Å². The average Bonchev–Trinajstić information content (AvgIpc) is 3.19. The third-order valence-corrected chi connectivity index (χ3v) is 3.81. The summed E-state index contributed by atoms with van der Waals surface area (Å²) in [5.41, 5.74) is -0.581. The summed E-state index contributed by atoms with van der Waals surface area (Å²) in [6.07, 6.45) is 1.76. The molecule has 1 aliphatic carbocycles. The van der Waals surface area contributed by atoms with Crippen LogP contribution in [0.3, 0.4) is 0 Å². The minimum atomic E-state index is -0.739. The van der Waals surface area contributed by atoms with Crippen molar-refractivity contribution in [2.24, 2.45) is 5.92 Å². The lowest BCUT2D eigenvalue weighted by Gasteiger charge is -2.34. The lowest BCUT2D eigenvalue weighted by Crippen LogP contribution is -2.51. The van der Waals surface area contributed by atoms with Crippen LogP contribution in [0.15, 0.2) is 0 Å². The van der Waals surface area contributed by atoms with E-state index in [0.717, 1.165) is 12.8 Å². The molecule has 2 rings (SSSR count). The Morgan fingerprint density at radius 3 is 2.43 bits per heavy atom. The Morgan fingerprint density at radius 2 is 1.90 bits per heavy atom. The molecule has 118 valence electrons.